The highest BCUT2D eigenvalue weighted by Gasteiger charge is 2.44. The third-order valence-corrected chi connectivity index (χ3v) is 11.9. The van der Waals surface area contributed by atoms with E-state index in [2.05, 4.69) is 39.2 Å². The van der Waals surface area contributed by atoms with Crippen LogP contribution in [0.5, 0.6) is 5.75 Å². The van der Waals surface area contributed by atoms with Crippen LogP contribution in [0, 0.1) is 0 Å². The van der Waals surface area contributed by atoms with Gasteiger partial charge in [0.1, 0.15) is 18.5 Å². The highest BCUT2D eigenvalue weighted by molar-refractivity contribution is 7.89. The topological polar surface area (TPSA) is 138 Å². The van der Waals surface area contributed by atoms with E-state index in [1.807, 2.05) is 26.2 Å². The number of benzene rings is 3. The van der Waals surface area contributed by atoms with Gasteiger partial charge in [-0.05, 0) is 81.4 Å². The maximum atomic E-state index is 13.5. The first kappa shape index (κ1) is 34.5. The average molecular weight is 673 g/mol. The van der Waals surface area contributed by atoms with Crippen molar-refractivity contribution in [3.8, 4) is 16.9 Å². The minimum Gasteiger partial charge on any atom is -0.491 e. The Bertz CT molecular complexity index is 1670. The smallest absolute Gasteiger partial charge is 0.243 e. The van der Waals surface area contributed by atoms with Gasteiger partial charge in [-0.1, -0.05) is 42.5 Å². The lowest BCUT2D eigenvalue weighted by molar-refractivity contribution is -0.0312. The molecule has 13 heteroatoms. The van der Waals surface area contributed by atoms with Crippen molar-refractivity contribution in [3.05, 3.63) is 78.4 Å². The lowest BCUT2D eigenvalue weighted by Gasteiger charge is -2.38. The fraction of sp³-hybridized carbons (Fsp3) is 0.455. The molecule has 2 heterocycles. The molecule has 3 aromatic rings. The van der Waals surface area contributed by atoms with Crippen molar-refractivity contribution in [1.29, 1.82) is 0 Å². The molecule has 3 N–H and O–H groups in total. The van der Waals surface area contributed by atoms with Crippen molar-refractivity contribution in [1.82, 2.24) is 19.2 Å². The summed E-state index contributed by atoms with van der Waals surface area (Å²) in [5, 5.41) is 13.8. The van der Waals surface area contributed by atoms with Gasteiger partial charge in [-0.25, -0.2) is 21.6 Å². The van der Waals surface area contributed by atoms with E-state index in [1.165, 1.54) is 24.7 Å². The zero-order valence-corrected chi connectivity index (χ0v) is 28.2. The number of nitrogens with one attached hydrogen (secondary N) is 2. The zero-order valence-electron chi connectivity index (χ0n) is 26.6. The van der Waals surface area contributed by atoms with E-state index in [1.54, 1.807) is 28.6 Å². The molecule has 5 rings (SSSR count). The first-order chi connectivity index (χ1) is 21.9. The Balaban J connectivity index is 1.08. The van der Waals surface area contributed by atoms with Gasteiger partial charge in [0.15, 0.2) is 0 Å². The highest BCUT2D eigenvalue weighted by Crippen LogP contribution is 2.37. The van der Waals surface area contributed by atoms with Crippen LogP contribution in [0.15, 0.2) is 82.6 Å². The van der Waals surface area contributed by atoms with Crippen molar-refractivity contribution in [3.63, 3.8) is 0 Å². The fourth-order valence-corrected chi connectivity index (χ4v) is 8.20. The van der Waals surface area contributed by atoms with E-state index < -0.39 is 31.8 Å². The summed E-state index contributed by atoms with van der Waals surface area (Å²) in [5.41, 5.74) is 2.83. The van der Waals surface area contributed by atoms with E-state index in [-0.39, 0.29) is 29.0 Å². The Hall–Kier alpha value is -2.88. The Kier molecular flexibility index (Phi) is 10.8. The van der Waals surface area contributed by atoms with Crippen molar-refractivity contribution in [2.45, 2.75) is 53.3 Å². The Morgan fingerprint density at radius 1 is 0.978 bits per heavy atom. The second-order valence-electron chi connectivity index (χ2n) is 12.3. The molecule has 2 aliphatic heterocycles. The average Bonchev–Trinajstić information content (AvgIpc) is 3.45. The van der Waals surface area contributed by atoms with Crippen molar-refractivity contribution < 1.29 is 31.4 Å². The first-order valence-electron chi connectivity index (χ1n) is 15.5. The molecule has 250 valence electrons. The van der Waals surface area contributed by atoms with Crippen LogP contribution in [0.1, 0.15) is 24.8 Å². The summed E-state index contributed by atoms with van der Waals surface area (Å²) in [5.74, 6) is 0.349. The molecule has 11 nitrogen and oxygen atoms in total. The minimum atomic E-state index is -3.63. The van der Waals surface area contributed by atoms with Gasteiger partial charge in [-0.2, -0.15) is 4.31 Å². The molecular formula is C33H44N4O7S2. The Morgan fingerprint density at radius 3 is 2.26 bits per heavy atom. The molecule has 0 aromatic heterocycles. The molecule has 2 atom stereocenters. The van der Waals surface area contributed by atoms with Crippen LogP contribution < -0.4 is 14.8 Å². The Morgan fingerprint density at radius 2 is 1.63 bits per heavy atom. The van der Waals surface area contributed by atoms with E-state index in [9.17, 15) is 21.9 Å². The maximum absolute atomic E-state index is 13.5. The maximum Gasteiger partial charge on any atom is 0.243 e. The zero-order chi connectivity index (χ0) is 33.0. The first-order valence-corrected chi connectivity index (χ1v) is 18.4. The quantitative estimate of drug-likeness (QED) is 0.250. The van der Waals surface area contributed by atoms with Gasteiger partial charge in [0.05, 0.1) is 22.0 Å². The van der Waals surface area contributed by atoms with Gasteiger partial charge in [0.2, 0.25) is 20.0 Å². The summed E-state index contributed by atoms with van der Waals surface area (Å²) in [6, 6.07) is 21.5. The van der Waals surface area contributed by atoms with Gasteiger partial charge in [-0.3, -0.25) is 0 Å². The number of hydrogen-bond donors (Lipinski definition) is 3. The van der Waals surface area contributed by atoms with Crippen LogP contribution >= 0.6 is 0 Å². The van der Waals surface area contributed by atoms with Crippen molar-refractivity contribution >= 4 is 20.0 Å². The second kappa shape index (κ2) is 14.5. The van der Waals surface area contributed by atoms with E-state index >= 15 is 0 Å². The number of rotatable bonds is 13. The van der Waals surface area contributed by atoms with Gasteiger partial charge in [-0.15, -0.1) is 0 Å². The second-order valence-corrected chi connectivity index (χ2v) is 16.1. The van der Waals surface area contributed by atoms with Crippen LogP contribution in [0.3, 0.4) is 0 Å². The molecule has 46 heavy (non-hydrogen) atoms. The Labute approximate surface area is 272 Å². The van der Waals surface area contributed by atoms with Crippen LogP contribution in [-0.2, 0) is 31.3 Å². The number of aliphatic hydroxyl groups is 1. The highest BCUT2D eigenvalue weighted by atomic mass is 32.2. The van der Waals surface area contributed by atoms with Crippen molar-refractivity contribution in [2.75, 3.05) is 54.0 Å². The number of aliphatic hydroxyl groups excluding tert-OH is 1. The summed E-state index contributed by atoms with van der Waals surface area (Å²) in [6.45, 7) is 2.36. The predicted molar refractivity (Wildman–Crippen MR) is 177 cm³/mol. The third-order valence-electron chi connectivity index (χ3n) is 8.59. The van der Waals surface area contributed by atoms with Crippen molar-refractivity contribution in [2.24, 2.45) is 0 Å². The van der Waals surface area contributed by atoms with Gasteiger partial charge < -0.3 is 24.8 Å². The number of sulfonamides is 2. The number of nitrogens with zero attached hydrogens (tertiary/aromatic N) is 2. The van der Waals surface area contributed by atoms with Crippen LogP contribution in [0.4, 0.5) is 0 Å². The number of ether oxygens (including phenoxy) is 2. The van der Waals surface area contributed by atoms with E-state index in [4.69, 9.17) is 9.47 Å². The predicted octanol–water partition coefficient (Wildman–Crippen LogP) is 2.67. The molecule has 0 saturated carbocycles. The normalized spacial score (nSPS) is 19.5. The molecule has 3 aromatic carbocycles. The molecule has 2 fully saturated rings. The standard InChI is InChI=1S/C33H44N4O7S2/c1-34-45(39,40)32-6-4-5-30(19-32)43-24-29(38)21-35-28-20-33(44-23-28)15-17-37(18-16-33)46(41,42)31-13-11-27(12-14-31)26-9-7-25(8-10-26)22-36(2)3/h4-14,19,28-29,34-35,38H,15-18,20-24H2,1-3H3/t28-,29+/m1/s1. The summed E-state index contributed by atoms with van der Waals surface area (Å²) in [7, 11) is -1.82. The largest absolute Gasteiger partial charge is 0.491 e. The van der Waals surface area contributed by atoms with Crippen LogP contribution in [0.2, 0.25) is 0 Å². The van der Waals surface area contributed by atoms with Gasteiger partial charge in [0, 0.05) is 38.3 Å². The van der Waals surface area contributed by atoms with Gasteiger partial charge in [0.25, 0.3) is 0 Å². The number of piperidine rings is 1. The summed E-state index contributed by atoms with van der Waals surface area (Å²) < 4.78 is 66.6. The lowest BCUT2D eigenvalue weighted by atomic mass is 9.88. The molecule has 1 spiro atoms. The van der Waals surface area contributed by atoms with Crippen LogP contribution in [-0.4, -0.2) is 103 Å². The molecule has 0 bridgehead atoms. The van der Waals surface area contributed by atoms with E-state index in [0.29, 0.717) is 38.3 Å². The molecule has 0 unspecified atom stereocenters. The number of hydrogen-bond acceptors (Lipinski definition) is 9. The SMILES string of the molecule is CNS(=O)(=O)c1cccc(OC[C@@H](O)CN[C@H]2COC3(CCN(S(=O)(=O)c4ccc(-c5ccc(CN(C)C)cc5)cc4)CC3)C2)c1. The molecule has 0 aliphatic carbocycles. The summed E-state index contributed by atoms with van der Waals surface area (Å²) in [4.78, 5) is 2.49. The molecule has 2 saturated heterocycles. The van der Waals surface area contributed by atoms with Crippen LogP contribution in [0.25, 0.3) is 11.1 Å². The van der Waals surface area contributed by atoms with E-state index in [0.717, 1.165) is 24.1 Å². The summed E-state index contributed by atoms with van der Waals surface area (Å²) >= 11 is 0. The molecule has 2 aliphatic rings. The van der Waals surface area contributed by atoms with Gasteiger partial charge >= 0.3 is 0 Å². The fourth-order valence-electron chi connectivity index (χ4n) is 6.00. The lowest BCUT2D eigenvalue weighted by Crippen LogP contribution is -2.47. The molecule has 0 amide bonds. The third kappa shape index (κ3) is 8.33. The summed E-state index contributed by atoms with van der Waals surface area (Å²) in [6.07, 6.45) is 1.10. The molecule has 0 radical (unpaired) electrons. The molecular weight excluding hydrogens is 629 g/mol. The monoisotopic (exact) mass is 672 g/mol. The minimum absolute atomic E-state index is 0.00831.